The van der Waals surface area contributed by atoms with E-state index in [2.05, 4.69) is 16.1 Å². The zero-order chi connectivity index (χ0) is 20.5. The topological polar surface area (TPSA) is 78.0 Å². The number of nitrogens with one attached hydrogen (secondary N) is 3. The molecule has 1 unspecified atom stereocenters. The van der Waals surface area contributed by atoms with Crippen molar-refractivity contribution in [2.75, 3.05) is 19.7 Å². The number of hydrogen-bond donors (Lipinski definition) is 3. The molecule has 0 fully saturated rings. The van der Waals surface area contributed by atoms with E-state index in [1.165, 1.54) is 12.1 Å². The number of carbonyl (C=O) groups is 1. The maximum absolute atomic E-state index is 14.2. The third-order valence-electron chi connectivity index (χ3n) is 5.15. The molecule has 8 heteroatoms. The molecular formula is C22H20FN5O2. The molecule has 1 atom stereocenters. The predicted molar refractivity (Wildman–Crippen MR) is 110 cm³/mol. The van der Waals surface area contributed by atoms with Crippen LogP contribution in [0.25, 0.3) is 0 Å². The molecule has 1 amide bonds. The third-order valence-corrected chi connectivity index (χ3v) is 5.15. The lowest BCUT2D eigenvalue weighted by molar-refractivity contribution is -0.117. The van der Waals surface area contributed by atoms with E-state index in [9.17, 15) is 9.18 Å². The van der Waals surface area contributed by atoms with Gasteiger partial charge in [0.25, 0.3) is 5.91 Å². The van der Waals surface area contributed by atoms with Crippen LogP contribution < -0.4 is 20.8 Å². The van der Waals surface area contributed by atoms with Crippen molar-refractivity contribution in [3.05, 3.63) is 89.1 Å². The first-order valence-electron chi connectivity index (χ1n) is 9.73. The Hall–Kier alpha value is -3.65. The van der Waals surface area contributed by atoms with Gasteiger partial charge in [0.15, 0.2) is 0 Å². The number of ether oxygens (including phenoxy) is 1. The minimum Gasteiger partial charge on any atom is -0.491 e. The maximum atomic E-state index is 14.2. The van der Waals surface area contributed by atoms with Crippen molar-refractivity contribution in [3.8, 4) is 5.75 Å². The minimum atomic E-state index is -0.488. The zero-order valence-corrected chi connectivity index (χ0v) is 16.1. The fourth-order valence-electron chi connectivity index (χ4n) is 3.70. The van der Waals surface area contributed by atoms with E-state index >= 15 is 0 Å². The van der Waals surface area contributed by atoms with Gasteiger partial charge >= 0.3 is 0 Å². The van der Waals surface area contributed by atoms with Crippen LogP contribution in [0.2, 0.25) is 0 Å². The highest BCUT2D eigenvalue weighted by Gasteiger charge is 2.29. The first kappa shape index (κ1) is 18.4. The quantitative estimate of drug-likeness (QED) is 0.676. The van der Waals surface area contributed by atoms with Crippen molar-refractivity contribution in [3.63, 3.8) is 0 Å². The van der Waals surface area contributed by atoms with Crippen LogP contribution in [0.3, 0.4) is 0 Å². The highest BCUT2D eigenvalue weighted by Crippen LogP contribution is 2.34. The molecule has 0 aromatic heterocycles. The van der Waals surface area contributed by atoms with Crippen LogP contribution in [0, 0.1) is 5.82 Å². The summed E-state index contributed by atoms with van der Waals surface area (Å²) in [6.07, 6.45) is 3.63. The second kappa shape index (κ2) is 7.64. The van der Waals surface area contributed by atoms with Gasteiger partial charge in [-0.15, -0.1) is 0 Å². The molecule has 152 valence electrons. The molecule has 3 heterocycles. The molecule has 3 aliphatic rings. The number of rotatable bonds is 1. The summed E-state index contributed by atoms with van der Waals surface area (Å²) in [7, 11) is 0. The summed E-state index contributed by atoms with van der Waals surface area (Å²) < 4.78 is 20.1. The van der Waals surface area contributed by atoms with Gasteiger partial charge < -0.3 is 15.4 Å². The summed E-state index contributed by atoms with van der Waals surface area (Å²) in [5.41, 5.74) is 5.25. The Balaban J connectivity index is 1.67. The third kappa shape index (κ3) is 3.42. The van der Waals surface area contributed by atoms with E-state index in [0.29, 0.717) is 41.6 Å². The van der Waals surface area contributed by atoms with E-state index in [4.69, 9.17) is 9.73 Å². The van der Waals surface area contributed by atoms with Crippen molar-refractivity contribution in [1.82, 2.24) is 21.1 Å². The molecular weight excluding hydrogens is 385 g/mol. The van der Waals surface area contributed by atoms with Crippen LogP contribution in [0.1, 0.15) is 17.2 Å². The fraction of sp³-hybridized carbons (Fsp3) is 0.182. The van der Waals surface area contributed by atoms with E-state index in [0.717, 1.165) is 5.56 Å². The molecule has 3 aliphatic heterocycles. The Morgan fingerprint density at radius 1 is 1.17 bits per heavy atom. The second-order valence-electron chi connectivity index (χ2n) is 7.09. The van der Waals surface area contributed by atoms with Crippen molar-refractivity contribution < 1.29 is 13.9 Å². The largest absolute Gasteiger partial charge is 0.491 e. The number of nitrogens with zero attached hydrogens (tertiary/aromatic N) is 2. The molecule has 0 aliphatic carbocycles. The van der Waals surface area contributed by atoms with Crippen LogP contribution >= 0.6 is 0 Å². The fourth-order valence-corrected chi connectivity index (χ4v) is 3.70. The van der Waals surface area contributed by atoms with E-state index in [1.54, 1.807) is 11.1 Å². The summed E-state index contributed by atoms with van der Waals surface area (Å²) in [5, 5.41) is 7.87. The minimum absolute atomic E-state index is 0.177. The summed E-state index contributed by atoms with van der Waals surface area (Å²) in [6, 6.07) is 13.6. The van der Waals surface area contributed by atoms with Crippen LogP contribution in [-0.4, -0.2) is 36.4 Å². The lowest BCUT2D eigenvalue weighted by Gasteiger charge is -2.25. The Kier molecular flexibility index (Phi) is 4.68. The maximum Gasteiger partial charge on any atom is 0.252 e. The Morgan fingerprint density at radius 3 is 2.90 bits per heavy atom. The van der Waals surface area contributed by atoms with Gasteiger partial charge in [-0.1, -0.05) is 30.3 Å². The molecule has 0 saturated heterocycles. The van der Waals surface area contributed by atoms with Gasteiger partial charge in [-0.05, 0) is 29.8 Å². The van der Waals surface area contributed by atoms with Gasteiger partial charge in [0, 0.05) is 18.3 Å². The van der Waals surface area contributed by atoms with Crippen molar-refractivity contribution >= 4 is 11.7 Å². The predicted octanol–water partition coefficient (Wildman–Crippen LogP) is 1.97. The summed E-state index contributed by atoms with van der Waals surface area (Å²) in [5.74, 6) is 1.20. The molecule has 2 bridgehead atoms. The number of amidine groups is 1. The van der Waals surface area contributed by atoms with Crippen LogP contribution in [-0.2, 0) is 4.79 Å². The molecule has 0 spiro atoms. The first-order valence-corrected chi connectivity index (χ1v) is 9.73. The van der Waals surface area contributed by atoms with Crippen molar-refractivity contribution in [1.29, 1.82) is 0 Å². The van der Waals surface area contributed by atoms with Crippen LogP contribution in [0.4, 0.5) is 4.39 Å². The number of amides is 1. The van der Waals surface area contributed by atoms with E-state index in [1.807, 2.05) is 42.6 Å². The van der Waals surface area contributed by atoms with Crippen LogP contribution in [0.15, 0.2) is 77.2 Å². The number of benzene rings is 2. The standard InChI is InChI=1S/C22H20FN5O2/c23-15-6-7-18-16(12-15)20(14-4-2-1-3-5-14)26-19-8-10-28-21(27-19)17(13-25-28)22(29)24-9-11-30-18/h1-8,10,12,20,25H,9,11,13H2,(H,24,29)(H,26,27). The van der Waals surface area contributed by atoms with Crippen molar-refractivity contribution in [2.24, 2.45) is 4.99 Å². The normalized spacial score (nSPS) is 20.7. The van der Waals surface area contributed by atoms with Gasteiger partial charge in [0.05, 0.1) is 12.1 Å². The second-order valence-corrected chi connectivity index (χ2v) is 7.09. The van der Waals surface area contributed by atoms with Gasteiger partial charge in [-0.2, -0.15) is 0 Å². The summed E-state index contributed by atoms with van der Waals surface area (Å²) in [6.45, 7) is 0.986. The molecule has 0 saturated carbocycles. The number of aliphatic imine (C=N–C) groups is 1. The number of halogens is 1. The molecule has 5 rings (SSSR count). The number of hydrazine groups is 1. The Bertz CT molecular complexity index is 1080. The van der Waals surface area contributed by atoms with Gasteiger partial charge in [-0.25, -0.2) is 9.82 Å². The van der Waals surface area contributed by atoms with Crippen LogP contribution in [0.5, 0.6) is 5.75 Å². The average Bonchev–Trinajstić information content (AvgIpc) is 3.19. The highest BCUT2D eigenvalue weighted by molar-refractivity contribution is 5.99. The first-order chi connectivity index (χ1) is 14.7. The molecule has 7 nitrogen and oxygen atoms in total. The average molecular weight is 405 g/mol. The molecule has 3 N–H and O–H groups in total. The monoisotopic (exact) mass is 405 g/mol. The van der Waals surface area contributed by atoms with Gasteiger partial charge in [0.2, 0.25) is 0 Å². The van der Waals surface area contributed by atoms with Crippen molar-refractivity contribution in [2.45, 2.75) is 6.04 Å². The molecule has 2 aromatic rings. The molecule has 0 radical (unpaired) electrons. The van der Waals surface area contributed by atoms with Gasteiger partial charge in [-0.3, -0.25) is 14.8 Å². The number of carbonyl (C=O) groups excluding carboxylic acids is 1. The van der Waals surface area contributed by atoms with E-state index < -0.39 is 6.04 Å². The highest BCUT2D eigenvalue weighted by atomic mass is 19.1. The van der Waals surface area contributed by atoms with Gasteiger partial charge in [0.1, 0.15) is 35.9 Å². The summed E-state index contributed by atoms with van der Waals surface area (Å²) in [4.78, 5) is 17.5. The smallest absolute Gasteiger partial charge is 0.252 e. The summed E-state index contributed by atoms with van der Waals surface area (Å²) >= 11 is 0. The lowest BCUT2D eigenvalue weighted by Crippen LogP contribution is -2.39. The SMILES string of the molecule is O=C1NCCOc2ccc(F)cc2C(c2ccccc2)N=C2C=CN3NCC1=C3N2. The lowest BCUT2D eigenvalue weighted by atomic mass is 9.98. The molecule has 2 aromatic carbocycles. The zero-order valence-electron chi connectivity index (χ0n) is 16.1. The Labute approximate surface area is 172 Å². The van der Waals surface area contributed by atoms with E-state index in [-0.39, 0.29) is 18.3 Å². The number of hydrogen-bond acceptors (Lipinski definition) is 6. The molecule has 30 heavy (non-hydrogen) atoms. The Morgan fingerprint density at radius 2 is 2.03 bits per heavy atom. The number of fused-ring (bicyclic) bond motifs is 2.